The minimum absolute atomic E-state index is 0.139. The number of carbonyl (C=O) groups excluding carboxylic acids is 2. The molecule has 4 nitrogen and oxygen atoms in total. The van der Waals surface area contributed by atoms with E-state index < -0.39 is 12.1 Å². The van der Waals surface area contributed by atoms with Gasteiger partial charge in [-0.1, -0.05) is 6.07 Å². The highest BCUT2D eigenvalue weighted by atomic mass is 16.5. The quantitative estimate of drug-likeness (QED) is 0.731. The van der Waals surface area contributed by atoms with Gasteiger partial charge >= 0.3 is 5.97 Å². The number of esters is 1. The Hall–Kier alpha value is -1.84. The molecule has 0 saturated heterocycles. The smallest absolute Gasteiger partial charge is 0.303 e. The molecule has 0 spiro atoms. The highest BCUT2D eigenvalue weighted by Gasteiger charge is 2.29. The van der Waals surface area contributed by atoms with Crippen molar-refractivity contribution < 1.29 is 19.1 Å². The largest absolute Gasteiger partial charge is 0.497 e. The van der Waals surface area contributed by atoms with Gasteiger partial charge in [-0.3, -0.25) is 9.59 Å². The highest BCUT2D eigenvalue weighted by molar-refractivity contribution is 6.02. The Morgan fingerprint density at radius 2 is 2.18 bits per heavy atom. The molecule has 1 aromatic carbocycles. The van der Waals surface area contributed by atoms with Crippen LogP contribution in [-0.4, -0.2) is 25.0 Å². The Labute approximate surface area is 99.5 Å². The Morgan fingerprint density at radius 3 is 2.82 bits per heavy atom. The second-order valence-electron chi connectivity index (χ2n) is 4.02. The van der Waals surface area contributed by atoms with Crippen LogP contribution in [0.25, 0.3) is 0 Å². The second kappa shape index (κ2) is 4.57. The monoisotopic (exact) mass is 234 g/mol. The number of rotatable bonds is 2. The van der Waals surface area contributed by atoms with Crippen molar-refractivity contribution in [1.29, 1.82) is 0 Å². The number of aryl methyl sites for hydroxylation is 1. The summed E-state index contributed by atoms with van der Waals surface area (Å²) in [6.45, 7) is 1.31. The summed E-state index contributed by atoms with van der Waals surface area (Å²) in [4.78, 5) is 23.0. The van der Waals surface area contributed by atoms with Crippen molar-refractivity contribution in [3.63, 3.8) is 0 Å². The Balaban J connectivity index is 2.30. The third kappa shape index (κ3) is 2.30. The summed E-state index contributed by atoms with van der Waals surface area (Å²) in [5.41, 5.74) is 1.58. The van der Waals surface area contributed by atoms with Crippen molar-refractivity contribution in [3.05, 3.63) is 29.3 Å². The molecule has 1 unspecified atom stereocenters. The van der Waals surface area contributed by atoms with Crippen LogP contribution in [0.4, 0.5) is 0 Å². The number of benzene rings is 1. The standard InChI is InChI=1S/C13H14O4/c1-8(14)17-12-6-4-9-3-5-10(16-2)7-11(9)13(12)15/h3,5,7,12H,4,6H2,1-2H3. The van der Waals surface area contributed by atoms with E-state index in [0.717, 1.165) is 12.0 Å². The van der Waals surface area contributed by atoms with Crippen LogP contribution in [0.15, 0.2) is 18.2 Å². The van der Waals surface area contributed by atoms with Crippen LogP contribution < -0.4 is 4.74 Å². The lowest BCUT2D eigenvalue weighted by Crippen LogP contribution is -2.31. The van der Waals surface area contributed by atoms with Gasteiger partial charge in [0.15, 0.2) is 6.10 Å². The molecule has 1 aliphatic carbocycles. The third-order valence-corrected chi connectivity index (χ3v) is 2.86. The predicted molar refractivity (Wildman–Crippen MR) is 61.2 cm³/mol. The fourth-order valence-corrected chi connectivity index (χ4v) is 2.03. The minimum atomic E-state index is -0.646. The van der Waals surface area contributed by atoms with E-state index in [1.807, 2.05) is 12.1 Å². The molecule has 1 atom stereocenters. The molecule has 0 heterocycles. The molecule has 0 aromatic heterocycles. The molecule has 90 valence electrons. The topological polar surface area (TPSA) is 52.6 Å². The summed E-state index contributed by atoms with van der Waals surface area (Å²) in [7, 11) is 1.55. The maximum atomic E-state index is 12.1. The average Bonchev–Trinajstić information content (AvgIpc) is 2.32. The molecule has 0 radical (unpaired) electrons. The number of fused-ring (bicyclic) bond motifs is 1. The van der Waals surface area contributed by atoms with Crippen molar-refractivity contribution in [2.75, 3.05) is 7.11 Å². The predicted octanol–water partition coefficient (Wildman–Crippen LogP) is 1.76. The number of hydrogen-bond donors (Lipinski definition) is 0. The van der Waals surface area contributed by atoms with Crippen LogP contribution in [0, 0.1) is 0 Å². The summed E-state index contributed by atoms with van der Waals surface area (Å²) >= 11 is 0. The highest BCUT2D eigenvalue weighted by Crippen LogP contribution is 2.26. The molecule has 0 saturated carbocycles. The van der Waals surface area contributed by atoms with Crippen molar-refractivity contribution >= 4 is 11.8 Å². The van der Waals surface area contributed by atoms with Crippen molar-refractivity contribution in [1.82, 2.24) is 0 Å². The Kier molecular flexibility index (Phi) is 3.13. The van der Waals surface area contributed by atoms with Gasteiger partial charge in [0.25, 0.3) is 0 Å². The molecule has 0 amide bonds. The summed E-state index contributed by atoms with van der Waals surface area (Å²) in [5.74, 6) is 0.0793. The van der Waals surface area contributed by atoms with Crippen LogP contribution in [0.1, 0.15) is 29.3 Å². The lowest BCUT2D eigenvalue weighted by Gasteiger charge is -2.23. The zero-order valence-electron chi connectivity index (χ0n) is 9.86. The molecule has 0 fully saturated rings. The summed E-state index contributed by atoms with van der Waals surface area (Å²) < 4.78 is 10.1. The molecular weight excluding hydrogens is 220 g/mol. The van der Waals surface area contributed by atoms with Gasteiger partial charge in [-0.05, 0) is 30.5 Å². The van der Waals surface area contributed by atoms with Crippen molar-refractivity contribution in [2.24, 2.45) is 0 Å². The lowest BCUT2D eigenvalue weighted by molar-refractivity contribution is -0.144. The number of methoxy groups -OCH3 is 1. The van der Waals surface area contributed by atoms with E-state index in [9.17, 15) is 9.59 Å². The van der Waals surface area contributed by atoms with Crippen LogP contribution in [0.3, 0.4) is 0 Å². The first kappa shape index (κ1) is 11.6. The van der Waals surface area contributed by atoms with E-state index in [4.69, 9.17) is 9.47 Å². The maximum absolute atomic E-state index is 12.1. The first-order chi connectivity index (χ1) is 8.11. The van der Waals surface area contributed by atoms with Gasteiger partial charge in [0.1, 0.15) is 5.75 Å². The molecular formula is C13H14O4. The summed E-state index contributed by atoms with van der Waals surface area (Å²) in [6.07, 6.45) is 0.646. The molecule has 1 aromatic rings. The number of Topliss-reactive ketones (excluding diaryl/α,β-unsaturated/α-hetero) is 1. The van der Waals surface area contributed by atoms with Gasteiger partial charge in [-0.25, -0.2) is 0 Å². The van der Waals surface area contributed by atoms with Gasteiger partial charge in [0, 0.05) is 12.5 Å². The zero-order chi connectivity index (χ0) is 12.4. The van der Waals surface area contributed by atoms with Crippen LogP contribution in [-0.2, 0) is 16.0 Å². The summed E-state index contributed by atoms with van der Waals surface area (Å²) in [5, 5.41) is 0. The Morgan fingerprint density at radius 1 is 1.41 bits per heavy atom. The average molecular weight is 234 g/mol. The Bertz CT molecular complexity index is 464. The number of carbonyl (C=O) groups is 2. The molecule has 1 aliphatic rings. The SMILES string of the molecule is COc1ccc2c(c1)C(=O)C(OC(C)=O)CC2. The first-order valence-electron chi connectivity index (χ1n) is 5.50. The molecule has 2 rings (SSSR count). The van der Waals surface area contributed by atoms with Crippen LogP contribution >= 0.6 is 0 Å². The van der Waals surface area contributed by atoms with Gasteiger partial charge in [0.05, 0.1) is 7.11 Å². The van der Waals surface area contributed by atoms with Crippen molar-refractivity contribution in [2.45, 2.75) is 25.9 Å². The van der Waals surface area contributed by atoms with E-state index >= 15 is 0 Å². The van der Waals surface area contributed by atoms with E-state index in [0.29, 0.717) is 17.7 Å². The third-order valence-electron chi connectivity index (χ3n) is 2.86. The zero-order valence-corrected chi connectivity index (χ0v) is 9.86. The van der Waals surface area contributed by atoms with Crippen molar-refractivity contribution in [3.8, 4) is 5.75 Å². The number of hydrogen-bond acceptors (Lipinski definition) is 4. The molecule has 0 N–H and O–H groups in total. The molecule has 4 heteroatoms. The fraction of sp³-hybridized carbons (Fsp3) is 0.385. The van der Waals surface area contributed by atoms with Crippen LogP contribution in [0.2, 0.25) is 0 Å². The summed E-state index contributed by atoms with van der Waals surface area (Å²) in [6, 6.07) is 5.42. The van der Waals surface area contributed by atoms with Gasteiger partial charge in [-0.15, -0.1) is 0 Å². The first-order valence-corrected chi connectivity index (χ1v) is 5.50. The van der Waals surface area contributed by atoms with E-state index in [-0.39, 0.29) is 5.78 Å². The normalized spacial score (nSPS) is 18.5. The number of ketones is 1. The second-order valence-corrected chi connectivity index (χ2v) is 4.02. The lowest BCUT2D eigenvalue weighted by atomic mass is 9.88. The fourth-order valence-electron chi connectivity index (χ4n) is 2.03. The van der Waals surface area contributed by atoms with Gasteiger partial charge in [0.2, 0.25) is 5.78 Å². The van der Waals surface area contributed by atoms with Crippen LogP contribution in [0.5, 0.6) is 5.75 Å². The molecule has 0 aliphatic heterocycles. The van der Waals surface area contributed by atoms with Gasteiger partial charge < -0.3 is 9.47 Å². The van der Waals surface area contributed by atoms with E-state index in [2.05, 4.69) is 0 Å². The molecule has 17 heavy (non-hydrogen) atoms. The van der Waals surface area contributed by atoms with Gasteiger partial charge in [-0.2, -0.15) is 0 Å². The number of ether oxygens (including phenoxy) is 2. The molecule has 0 bridgehead atoms. The minimum Gasteiger partial charge on any atom is -0.497 e. The maximum Gasteiger partial charge on any atom is 0.303 e. The van der Waals surface area contributed by atoms with E-state index in [1.54, 1.807) is 13.2 Å². The van der Waals surface area contributed by atoms with E-state index in [1.165, 1.54) is 6.92 Å².